The molecular formula is C51H37NS. The molecule has 1 aliphatic carbocycles. The average molecular weight is 696 g/mol. The number of thiophene rings is 1. The van der Waals surface area contributed by atoms with E-state index in [1.54, 1.807) is 0 Å². The van der Waals surface area contributed by atoms with Gasteiger partial charge < -0.3 is 4.90 Å². The van der Waals surface area contributed by atoms with E-state index in [0.29, 0.717) is 0 Å². The van der Waals surface area contributed by atoms with E-state index in [1.165, 1.54) is 81.5 Å². The maximum absolute atomic E-state index is 2.51. The smallest absolute Gasteiger partial charge is 0.0640 e. The summed E-state index contributed by atoms with van der Waals surface area (Å²) in [6.45, 7) is 4.74. The van der Waals surface area contributed by atoms with Gasteiger partial charge in [0, 0.05) is 32.1 Å². The third-order valence-corrected chi connectivity index (χ3v) is 12.3. The van der Waals surface area contributed by atoms with Gasteiger partial charge >= 0.3 is 0 Å². The number of anilines is 3. The van der Waals surface area contributed by atoms with Gasteiger partial charge in [-0.2, -0.15) is 0 Å². The molecular weight excluding hydrogens is 659 g/mol. The molecule has 0 saturated carbocycles. The number of hydrogen-bond donors (Lipinski definition) is 0. The molecule has 2 heteroatoms. The Balaban J connectivity index is 1.30. The quantitative estimate of drug-likeness (QED) is 0.167. The van der Waals surface area contributed by atoms with Crippen LogP contribution in [-0.4, -0.2) is 0 Å². The fraction of sp³-hybridized carbons (Fsp3) is 0.0588. The van der Waals surface area contributed by atoms with Gasteiger partial charge in [0.1, 0.15) is 0 Å². The van der Waals surface area contributed by atoms with Crippen LogP contribution < -0.4 is 4.90 Å². The van der Waals surface area contributed by atoms with Crippen molar-refractivity contribution in [1.29, 1.82) is 0 Å². The fourth-order valence-electron chi connectivity index (χ4n) is 8.58. The van der Waals surface area contributed by atoms with Gasteiger partial charge in [0.05, 0.1) is 16.1 Å². The Morgan fingerprint density at radius 3 is 1.77 bits per heavy atom. The molecule has 0 unspecified atom stereocenters. The van der Waals surface area contributed by atoms with Gasteiger partial charge in [-0.15, -0.1) is 11.3 Å². The van der Waals surface area contributed by atoms with Crippen molar-refractivity contribution in [2.24, 2.45) is 0 Å². The summed E-state index contributed by atoms with van der Waals surface area (Å²) < 4.78 is 2.58. The average Bonchev–Trinajstić information content (AvgIpc) is 3.72. The molecule has 0 bridgehead atoms. The minimum absolute atomic E-state index is 0.112. The van der Waals surface area contributed by atoms with E-state index in [-0.39, 0.29) is 5.41 Å². The minimum Gasteiger partial charge on any atom is -0.308 e. The van der Waals surface area contributed by atoms with Gasteiger partial charge in [0.25, 0.3) is 0 Å². The van der Waals surface area contributed by atoms with Crippen molar-refractivity contribution < 1.29 is 0 Å². The van der Waals surface area contributed by atoms with E-state index >= 15 is 0 Å². The fourth-order valence-corrected chi connectivity index (χ4v) is 9.79. The summed E-state index contributed by atoms with van der Waals surface area (Å²) in [6.07, 6.45) is 0. The van der Waals surface area contributed by atoms with Crippen LogP contribution in [0.2, 0.25) is 0 Å². The largest absolute Gasteiger partial charge is 0.308 e. The SMILES string of the molecule is CC1(C)c2ccccc2-c2c(-c3c(-c4ccccc4)cccc3N(c3ccc(-c4ccccc4)cc3)c3cccc4c3sc3ccccc34)cccc21. The Kier molecular flexibility index (Phi) is 7.42. The normalized spacial score (nSPS) is 12.9. The first-order valence-electron chi connectivity index (χ1n) is 18.4. The van der Waals surface area contributed by atoms with Crippen LogP contribution in [0.3, 0.4) is 0 Å². The van der Waals surface area contributed by atoms with Crippen molar-refractivity contribution in [2.45, 2.75) is 19.3 Å². The summed E-state index contributed by atoms with van der Waals surface area (Å²) in [6, 6.07) is 69.1. The summed E-state index contributed by atoms with van der Waals surface area (Å²) in [5, 5.41) is 2.58. The lowest BCUT2D eigenvalue weighted by molar-refractivity contribution is 0.660. The molecule has 8 aromatic carbocycles. The topological polar surface area (TPSA) is 3.24 Å². The molecule has 0 fully saturated rings. The highest BCUT2D eigenvalue weighted by atomic mass is 32.1. The predicted octanol–water partition coefficient (Wildman–Crippen LogP) is 14.8. The summed E-state index contributed by atoms with van der Waals surface area (Å²) in [5.74, 6) is 0. The first-order valence-corrected chi connectivity index (χ1v) is 19.2. The third-order valence-electron chi connectivity index (χ3n) is 11.1. The van der Waals surface area contributed by atoms with Crippen molar-refractivity contribution in [1.82, 2.24) is 0 Å². The highest BCUT2D eigenvalue weighted by Gasteiger charge is 2.37. The van der Waals surface area contributed by atoms with Gasteiger partial charge in [-0.1, -0.05) is 172 Å². The van der Waals surface area contributed by atoms with Crippen LogP contribution in [0.1, 0.15) is 25.0 Å². The summed E-state index contributed by atoms with van der Waals surface area (Å²) in [7, 11) is 0. The molecule has 1 heterocycles. The number of hydrogen-bond acceptors (Lipinski definition) is 2. The Morgan fingerprint density at radius 2 is 0.962 bits per heavy atom. The molecule has 53 heavy (non-hydrogen) atoms. The molecule has 252 valence electrons. The molecule has 0 aliphatic heterocycles. The first-order chi connectivity index (χ1) is 26.1. The highest BCUT2D eigenvalue weighted by molar-refractivity contribution is 7.26. The van der Waals surface area contributed by atoms with Crippen LogP contribution in [0.25, 0.3) is 64.7 Å². The van der Waals surface area contributed by atoms with E-state index in [0.717, 1.165) is 11.4 Å². The van der Waals surface area contributed by atoms with Crippen LogP contribution in [0.15, 0.2) is 188 Å². The monoisotopic (exact) mass is 695 g/mol. The molecule has 0 saturated heterocycles. The molecule has 9 aromatic rings. The van der Waals surface area contributed by atoms with Crippen molar-refractivity contribution in [3.63, 3.8) is 0 Å². The number of nitrogens with zero attached hydrogens (tertiary/aromatic N) is 1. The first kappa shape index (κ1) is 31.5. The second-order valence-corrected chi connectivity index (χ2v) is 15.5. The van der Waals surface area contributed by atoms with Crippen LogP contribution in [0, 0.1) is 0 Å². The number of rotatable bonds is 6. The number of fused-ring (bicyclic) bond motifs is 6. The van der Waals surface area contributed by atoms with Crippen molar-refractivity contribution in [3.05, 3.63) is 199 Å². The molecule has 0 atom stereocenters. The Labute approximate surface area is 315 Å². The molecule has 0 amide bonds. The summed E-state index contributed by atoms with van der Waals surface area (Å²) in [4.78, 5) is 2.51. The second-order valence-electron chi connectivity index (χ2n) is 14.5. The van der Waals surface area contributed by atoms with Crippen molar-refractivity contribution >= 4 is 48.6 Å². The maximum atomic E-state index is 2.51. The summed E-state index contributed by atoms with van der Waals surface area (Å²) >= 11 is 1.88. The molecule has 0 spiro atoms. The van der Waals surface area contributed by atoms with Gasteiger partial charge in [0.2, 0.25) is 0 Å². The van der Waals surface area contributed by atoms with E-state index in [2.05, 4.69) is 207 Å². The van der Waals surface area contributed by atoms with Gasteiger partial charge in [-0.25, -0.2) is 0 Å². The Bertz CT molecular complexity index is 2790. The zero-order chi connectivity index (χ0) is 35.5. The number of benzene rings is 8. The standard InChI is InChI=1S/C51H37NS/c1-51(2)43-25-11-9-21-41(43)48-42(24-13-26-44(48)51)49-38(36-18-7-4-8-19-36)22-14-27-45(49)52(37-32-30-35(31-33-37)34-16-5-3-6-17-34)46-28-15-23-40-39-20-10-12-29-47(39)53-50(40)46/h3-33H,1-2H3. The third kappa shape index (κ3) is 5.05. The molecule has 0 radical (unpaired) electrons. The van der Waals surface area contributed by atoms with E-state index < -0.39 is 0 Å². The lowest BCUT2D eigenvalue weighted by atomic mass is 9.81. The lowest BCUT2D eigenvalue weighted by Crippen LogP contribution is -2.15. The zero-order valence-electron chi connectivity index (χ0n) is 29.8. The molecule has 1 nitrogen and oxygen atoms in total. The van der Waals surface area contributed by atoms with E-state index in [1.807, 2.05) is 11.3 Å². The van der Waals surface area contributed by atoms with Crippen LogP contribution >= 0.6 is 11.3 Å². The van der Waals surface area contributed by atoms with Crippen molar-refractivity contribution in [2.75, 3.05) is 4.90 Å². The lowest BCUT2D eigenvalue weighted by Gasteiger charge is -2.30. The predicted molar refractivity (Wildman–Crippen MR) is 228 cm³/mol. The Morgan fingerprint density at radius 1 is 0.396 bits per heavy atom. The van der Waals surface area contributed by atoms with E-state index in [4.69, 9.17) is 0 Å². The highest BCUT2D eigenvalue weighted by Crippen LogP contribution is 2.56. The Hall–Kier alpha value is -6.22. The molecule has 10 rings (SSSR count). The van der Waals surface area contributed by atoms with E-state index in [9.17, 15) is 0 Å². The molecule has 0 N–H and O–H groups in total. The summed E-state index contributed by atoms with van der Waals surface area (Å²) in [5.41, 5.74) is 16.1. The molecule has 1 aliphatic rings. The van der Waals surface area contributed by atoms with Crippen LogP contribution in [-0.2, 0) is 5.41 Å². The maximum Gasteiger partial charge on any atom is 0.0640 e. The van der Waals surface area contributed by atoms with Crippen LogP contribution in [0.5, 0.6) is 0 Å². The van der Waals surface area contributed by atoms with Gasteiger partial charge in [-0.3, -0.25) is 0 Å². The van der Waals surface area contributed by atoms with Gasteiger partial charge in [0.15, 0.2) is 0 Å². The second kappa shape index (κ2) is 12.5. The molecule has 1 aromatic heterocycles. The van der Waals surface area contributed by atoms with Crippen molar-refractivity contribution in [3.8, 4) is 44.5 Å². The zero-order valence-corrected chi connectivity index (χ0v) is 30.6. The minimum atomic E-state index is -0.112. The van der Waals surface area contributed by atoms with Gasteiger partial charge in [-0.05, 0) is 80.4 Å². The van der Waals surface area contributed by atoms with Crippen LogP contribution in [0.4, 0.5) is 17.1 Å².